The number of nitrogens with one attached hydrogen (secondary N) is 1. The lowest BCUT2D eigenvalue weighted by Crippen LogP contribution is -2.14. The molecule has 1 aromatic rings. The summed E-state index contributed by atoms with van der Waals surface area (Å²) in [6, 6.07) is 8.12. The molecule has 0 saturated carbocycles. The third kappa shape index (κ3) is 5.62. The zero-order valence-corrected chi connectivity index (χ0v) is 11.7. The molecule has 0 spiro atoms. The van der Waals surface area contributed by atoms with Crippen LogP contribution in [0, 0.1) is 5.41 Å². The first-order chi connectivity index (χ1) is 7.88. The molecule has 0 bridgehead atoms. The second kappa shape index (κ2) is 5.95. The maximum Gasteiger partial charge on any atom is 0.142 e. The molecule has 0 aliphatic rings. The number of ether oxygens (including phenoxy) is 1. The molecular weight excluding hydrogens is 210 g/mol. The third-order valence-electron chi connectivity index (χ3n) is 2.44. The molecule has 0 fully saturated rings. The summed E-state index contributed by atoms with van der Waals surface area (Å²) < 4.78 is 5.77. The van der Waals surface area contributed by atoms with E-state index in [0.29, 0.717) is 5.41 Å². The van der Waals surface area contributed by atoms with Crippen molar-refractivity contribution in [2.75, 3.05) is 11.9 Å². The van der Waals surface area contributed by atoms with E-state index in [1.54, 1.807) is 0 Å². The van der Waals surface area contributed by atoms with E-state index in [4.69, 9.17) is 4.74 Å². The SMILES string of the molecule is CC(C)Oc1ccccc1NCCC(C)(C)C. The minimum Gasteiger partial charge on any atom is -0.489 e. The summed E-state index contributed by atoms with van der Waals surface area (Å²) in [6.07, 6.45) is 1.35. The second-order valence-electron chi connectivity index (χ2n) is 5.90. The number of rotatable bonds is 5. The number of para-hydroxylation sites is 2. The van der Waals surface area contributed by atoms with Crippen molar-refractivity contribution in [2.45, 2.75) is 47.1 Å². The molecule has 1 aromatic carbocycles. The number of anilines is 1. The maximum atomic E-state index is 5.77. The van der Waals surface area contributed by atoms with Crippen LogP contribution in [0.2, 0.25) is 0 Å². The van der Waals surface area contributed by atoms with Crippen LogP contribution in [0.15, 0.2) is 24.3 Å². The Hall–Kier alpha value is -1.18. The van der Waals surface area contributed by atoms with Gasteiger partial charge in [0.15, 0.2) is 0 Å². The molecule has 0 aliphatic heterocycles. The van der Waals surface area contributed by atoms with Gasteiger partial charge in [0, 0.05) is 6.54 Å². The van der Waals surface area contributed by atoms with Gasteiger partial charge in [-0.05, 0) is 37.8 Å². The molecule has 96 valence electrons. The highest BCUT2D eigenvalue weighted by atomic mass is 16.5. The molecule has 0 unspecified atom stereocenters. The van der Waals surface area contributed by atoms with Crippen LogP contribution in [0.3, 0.4) is 0 Å². The lowest BCUT2D eigenvalue weighted by atomic mass is 9.92. The first-order valence-corrected chi connectivity index (χ1v) is 6.38. The Bertz CT molecular complexity index is 339. The summed E-state index contributed by atoms with van der Waals surface area (Å²) in [5.74, 6) is 0.941. The van der Waals surface area contributed by atoms with Crippen molar-refractivity contribution in [3.8, 4) is 5.75 Å². The van der Waals surface area contributed by atoms with Crippen LogP contribution >= 0.6 is 0 Å². The van der Waals surface area contributed by atoms with Gasteiger partial charge in [0.05, 0.1) is 11.8 Å². The quantitative estimate of drug-likeness (QED) is 0.820. The summed E-state index contributed by atoms with van der Waals surface area (Å²) in [6.45, 7) is 11.8. The molecule has 0 heterocycles. The zero-order valence-electron chi connectivity index (χ0n) is 11.7. The second-order valence-corrected chi connectivity index (χ2v) is 5.90. The first-order valence-electron chi connectivity index (χ1n) is 6.38. The van der Waals surface area contributed by atoms with Crippen LogP contribution in [0.4, 0.5) is 5.69 Å². The van der Waals surface area contributed by atoms with E-state index in [1.165, 1.54) is 0 Å². The standard InChI is InChI=1S/C15H25NO/c1-12(2)17-14-9-7-6-8-13(14)16-11-10-15(3,4)5/h6-9,12,16H,10-11H2,1-5H3. The average molecular weight is 235 g/mol. The fourth-order valence-electron chi connectivity index (χ4n) is 1.54. The van der Waals surface area contributed by atoms with E-state index < -0.39 is 0 Å². The fraction of sp³-hybridized carbons (Fsp3) is 0.600. The largest absolute Gasteiger partial charge is 0.489 e. The molecule has 17 heavy (non-hydrogen) atoms. The Kier molecular flexibility index (Phi) is 4.86. The van der Waals surface area contributed by atoms with Crippen molar-refractivity contribution in [1.29, 1.82) is 0 Å². The minimum absolute atomic E-state index is 0.209. The highest BCUT2D eigenvalue weighted by Gasteiger charge is 2.10. The Morgan fingerprint density at radius 1 is 1.18 bits per heavy atom. The van der Waals surface area contributed by atoms with Gasteiger partial charge < -0.3 is 10.1 Å². The van der Waals surface area contributed by atoms with Gasteiger partial charge in [-0.3, -0.25) is 0 Å². The fourth-order valence-corrected chi connectivity index (χ4v) is 1.54. The van der Waals surface area contributed by atoms with Crippen LogP contribution < -0.4 is 10.1 Å². The van der Waals surface area contributed by atoms with Gasteiger partial charge in [-0.2, -0.15) is 0 Å². The molecule has 0 amide bonds. The normalized spacial score (nSPS) is 11.6. The van der Waals surface area contributed by atoms with Gasteiger partial charge in [0.25, 0.3) is 0 Å². The average Bonchev–Trinajstić information content (AvgIpc) is 2.18. The molecule has 0 aliphatic carbocycles. The molecule has 1 N–H and O–H groups in total. The maximum absolute atomic E-state index is 5.77. The molecule has 0 radical (unpaired) electrons. The lowest BCUT2D eigenvalue weighted by Gasteiger charge is -2.20. The summed E-state index contributed by atoms with van der Waals surface area (Å²) >= 11 is 0. The minimum atomic E-state index is 0.209. The highest BCUT2D eigenvalue weighted by molar-refractivity contribution is 5.56. The monoisotopic (exact) mass is 235 g/mol. The topological polar surface area (TPSA) is 21.3 Å². The van der Waals surface area contributed by atoms with Gasteiger partial charge in [-0.25, -0.2) is 0 Å². The summed E-state index contributed by atoms with van der Waals surface area (Å²) in [4.78, 5) is 0. The van der Waals surface area contributed by atoms with Crippen LogP contribution in [0.1, 0.15) is 41.0 Å². The molecule has 0 aromatic heterocycles. The zero-order chi connectivity index (χ0) is 12.9. The molecule has 0 atom stereocenters. The van der Waals surface area contributed by atoms with E-state index in [9.17, 15) is 0 Å². The van der Waals surface area contributed by atoms with Crippen LogP contribution in [-0.2, 0) is 0 Å². The Morgan fingerprint density at radius 2 is 1.82 bits per heavy atom. The Balaban J connectivity index is 2.58. The molecule has 2 heteroatoms. The number of hydrogen-bond acceptors (Lipinski definition) is 2. The van der Waals surface area contributed by atoms with E-state index >= 15 is 0 Å². The summed E-state index contributed by atoms with van der Waals surface area (Å²) in [5.41, 5.74) is 1.45. The van der Waals surface area contributed by atoms with Gasteiger partial charge in [-0.1, -0.05) is 32.9 Å². The number of hydrogen-bond donors (Lipinski definition) is 1. The van der Waals surface area contributed by atoms with Crippen LogP contribution in [0.25, 0.3) is 0 Å². The van der Waals surface area contributed by atoms with Crippen molar-refractivity contribution in [3.05, 3.63) is 24.3 Å². The predicted octanol–water partition coefficient (Wildman–Crippen LogP) is 4.32. The van der Waals surface area contributed by atoms with Crippen molar-refractivity contribution < 1.29 is 4.74 Å². The first kappa shape index (κ1) is 13.9. The predicted molar refractivity (Wildman–Crippen MR) is 74.8 cm³/mol. The Morgan fingerprint density at radius 3 is 2.41 bits per heavy atom. The number of benzene rings is 1. The summed E-state index contributed by atoms with van der Waals surface area (Å²) in [5, 5.41) is 3.45. The molecule has 2 nitrogen and oxygen atoms in total. The van der Waals surface area contributed by atoms with Crippen molar-refractivity contribution in [1.82, 2.24) is 0 Å². The van der Waals surface area contributed by atoms with E-state index in [0.717, 1.165) is 24.4 Å². The molecule has 0 saturated heterocycles. The van der Waals surface area contributed by atoms with E-state index in [2.05, 4.69) is 32.2 Å². The molecular formula is C15H25NO. The van der Waals surface area contributed by atoms with Gasteiger partial charge in [0.2, 0.25) is 0 Å². The van der Waals surface area contributed by atoms with Gasteiger partial charge in [0.1, 0.15) is 5.75 Å². The van der Waals surface area contributed by atoms with E-state index in [1.807, 2.05) is 32.0 Å². The molecule has 1 rings (SSSR count). The third-order valence-corrected chi connectivity index (χ3v) is 2.44. The van der Waals surface area contributed by atoms with Gasteiger partial charge >= 0.3 is 0 Å². The van der Waals surface area contributed by atoms with Crippen molar-refractivity contribution in [2.24, 2.45) is 5.41 Å². The van der Waals surface area contributed by atoms with E-state index in [-0.39, 0.29) is 6.10 Å². The van der Waals surface area contributed by atoms with Crippen molar-refractivity contribution in [3.63, 3.8) is 0 Å². The van der Waals surface area contributed by atoms with Gasteiger partial charge in [-0.15, -0.1) is 0 Å². The lowest BCUT2D eigenvalue weighted by molar-refractivity contribution is 0.243. The summed E-state index contributed by atoms with van der Waals surface area (Å²) in [7, 11) is 0. The van der Waals surface area contributed by atoms with Crippen LogP contribution in [-0.4, -0.2) is 12.6 Å². The Labute approximate surface area is 105 Å². The van der Waals surface area contributed by atoms with Crippen molar-refractivity contribution >= 4 is 5.69 Å². The smallest absolute Gasteiger partial charge is 0.142 e. The van der Waals surface area contributed by atoms with Crippen LogP contribution in [0.5, 0.6) is 5.75 Å². The highest BCUT2D eigenvalue weighted by Crippen LogP contribution is 2.26.